The number of rotatable bonds is 2. The van der Waals surface area contributed by atoms with Gasteiger partial charge in [-0.05, 0) is 38.1 Å². The molecule has 2 aromatic heterocycles. The Bertz CT molecular complexity index is 1040. The van der Waals surface area contributed by atoms with E-state index in [0.29, 0.717) is 31.9 Å². The van der Waals surface area contributed by atoms with Gasteiger partial charge in [0, 0.05) is 31.0 Å². The van der Waals surface area contributed by atoms with Gasteiger partial charge in [-0.2, -0.15) is 5.10 Å². The lowest BCUT2D eigenvalue weighted by atomic mass is 10.1. The van der Waals surface area contributed by atoms with Crippen LogP contribution in [0.4, 0.5) is 0 Å². The number of benzene rings is 1. The normalized spacial score (nSPS) is 22.6. The molecule has 3 aromatic rings. The number of aromatic nitrogens is 4. The molecule has 0 N–H and O–H groups in total. The minimum absolute atomic E-state index is 0.0316. The Morgan fingerprint density at radius 3 is 2.38 bits per heavy atom. The van der Waals surface area contributed by atoms with E-state index in [-0.39, 0.29) is 24.2 Å². The molecule has 2 aliphatic rings. The Morgan fingerprint density at radius 2 is 1.72 bits per heavy atom. The lowest BCUT2D eigenvalue weighted by Gasteiger charge is -2.19. The van der Waals surface area contributed by atoms with Crippen molar-refractivity contribution in [2.45, 2.75) is 32.1 Å². The molecule has 0 aliphatic carbocycles. The largest absolute Gasteiger partial charge is 0.371 e. The molecule has 8 nitrogen and oxygen atoms in total. The van der Waals surface area contributed by atoms with Crippen LogP contribution in [0.25, 0.3) is 11.0 Å². The van der Waals surface area contributed by atoms with Crippen LogP contribution >= 0.6 is 0 Å². The zero-order valence-electron chi connectivity index (χ0n) is 16.5. The fourth-order valence-electron chi connectivity index (χ4n) is 3.94. The Morgan fingerprint density at radius 1 is 1.03 bits per heavy atom. The number of amides is 1. The van der Waals surface area contributed by atoms with Crippen LogP contribution in [0.5, 0.6) is 0 Å². The number of aryl methyl sites for hydroxylation is 2. The van der Waals surface area contributed by atoms with Gasteiger partial charge in [-0.3, -0.25) is 9.48 Å². The molecule has 2 aliphatic heterocycles. The van der Waals surface area contributed by atoms with Crippen LogP contribution in [0.3, 0.4) is 0 Å². The molecule has 4 heterocycles. The van der Waals surface area contributed by atoms with Gasteiger partial charge >= 0.3 is 0 Å². The highest BCUT2D eigenvalue weighted by atomic mass is 16.6. The van der Waals surface area contributed by atoms with E-state index in [1.807, 2.05) is 49.0 Å². The van der Waals surface area contributed by atoms with Gasteiger partial charge in [0.2, 0.25) is 0 Å². The van der Waals surface area contributed by atoms with Gasteiger partial charge in [-0.1, -0.05) is 0 Å². The topological polar surface area (TPSA) is 82.4 Å². The maximum Gasteiger partial charge on any atom is 0.254 e. The number of carbonyl (C=O) groups excluding carboxylic acids is 1. The number of ether oxygens (including phenoxy) is 2. The molecule has 150 valence electrons. The van der Waals surface area contributed by atoms with E-state index < -0.39 is 0 Å². The highest BCUT2D eigenvalue weighted by Gasteiger charge is 2.40. The highest BCUT2D eigenvalue weighted by Crippen LogP contribution is 2.25. The maximum absolute atomic E-state index is 13.1. The van der Waals surface area contributed by atoms with Crippen LogP contribution in [-0.4, -0.2) is 69.1 Å². The maximum atomic E-state index is 13.1. The third kappa shape index (κ3) is 3.38. The van der Waals surface area contributed by atoms with Crippen molar-refractivity contribution in [1.82, 2.24) is 24.6 Å². The first-order valence-electron chi connectivity index (χ1n) is 9.85. The van der Waals surface area contributed by atoms with Crippen molar-refractivity contribution in [3.8, 4) is 0 Å². The summed E-state index contributed by atoms with van der Waals surface area (Å²) in [6.07, 6.45) is 3.43. The third-order valence-electron chi connectivity index (χ3n) is 5.73. The van der Waals surface area contributed by atoms with Crippen molar-refractivity contribution in [3.63, 3.8) is 0 Å². The highest BCUT2D eigenvalue weighted by molar-refractivity contribution is 5.97. The third-order valence-corrected chi connectivity index (χ3v) is 5.73. The van der Waals surface area contributed by atoms with Gasteiger partial charge in [0.25, 0.3) is 5.91 Å². The first-order valence-corrected chi connectivity index (χ1v) is 9.85. The number of likely N-dealkylation sites (tertiary alicyclic amines) is 1. The number of hydrogen-bond donors (Lipinski definition) is 0. The zero-order valence-corrected chi connectivity index (χ0v) is 16.5. The fraction of sp³-hybridized carbons (Fsp3) is 0.429. The Labute approximate surface area is 168 Å². The molecule has 2 saturated heterocycles. The van der Waals surface area contributed by atoms with Gasteiger partial charge < -0.3 is 14.4 Å². The molecule has 1 amide bonds. The summed E-state index contributed by atoms with van der Waals surface area (Å²) in [6, 6.07) is 7.45. The first-order chi connectivity index (χ1) is 14.1. The zero-order chi connectivity index (χ0) is 20.0. The average Bonchev–Trinajstić information content (AvgIpc) is 3.35. The molecular weight excluding hydrogens is 370 g/mol. The molecule has 0 unspecified atom stereocenters. The van der Waals surface area contributed by atoms with Crippen molar-refractivity contribution in [2.75, 3.05) is 26.3 Å². The Hall–Kier alpha value is -2.84. The van der Waals surface area contributed by atoms with Gasteiger partial charge in [0.05, 0.1) is 41.7 Å². The monoisotopic (exact) mass is 393 g/mol. The van der Waals surface area contributed by atoms with E-state index in [4.69, 9.17) is 9.47 Å². The smallest absolute Gasteiger partial charge is 0.254 e. The molecule has 2 atom stereocenters. The number of hydrogen-bond acceptors (Lipinski definition) is 6. The molecule has 2 fully saturated rings. The van der Waals surface area contributed by atoms with Crippen LogP contribution in [0.15, 0.2) is 36.7 Å². The summed E-state index contributed by atoms with van der Waals surface area (Å²) in [4.78, 5) is 24.0. The summed E-state index contributed by atoms with van der Waals surface area (Å²) >= 11 is 0. The number of fused-ring (bicyclic) bond motifs is 2. The molecule has 29 heavy (non-hydrogen) atoms. The molecule has 5 rings (SSSR count). The van der Waals surface area contributed by atoms with E-state index in [9.17, 15) is 4.79 Å². The van der Waals surface area contributed by atoms with E-state index >= 15 is 0 Å². The molecule has 0 spiro atoms. The molecule has 0 radical (unpaired) electrons. The van der Waals surface area contributed by atoms with Crippen molar-refractivity contribution >= 4 is 16.9 Å². The number of carbonyl (C=O) groups is 1. The molecule has 8 heteroatoms. The van der Waals surface area contributed by atoms with Crippen molar-refractivity contribution in [2.24, 2.45) is 0 Å². The summed E-state index contributed by atoms with van der Waals surface area (Å²) < 4.78 is 14.0. The van der Waals surface area contributed by atoms with Crippen LogP contribution in [0.1, 0.15) is 27.8 Å². The summed E-state index contributed by atoms with van der Waals surface area (Å²) in [5, 5.41) is 4.28. The average molecular weight is 393 g/mol. The first kappa shape index (κ1) is 18.2. The predicted octanol–water partition coefficient (Wildman–Crippen LogP) is 1.92. The van der Waals surface area contributed by atoms with Crippen LogP contribution < -0.4 is 0 Å². The molecule has 0 bridgehead atoms. The second-order valence-corrected chi connectivity index (χ2v) is 7.69. The van der Waals surface area contributed by atoms with Crippen LogP contribution in [-0.2, 0) is 9.47 Å². The SMILES string of the molecule is Cc1nc2ccc(C(=O)N3C[C@@H]4OCC(n5cccn5)CO[C@H]4C3)cc2nc1C. The predicted molar refractivity (Wildman–Crippen MR) is 106 cm³/mol. The van der Waals surface area contributed by atoms with E-state index in [1.165, 1.54) is 0 Å². The van der Waals surface area contributed by atoms with E-state index in [2.05, 4.69) is 15.1 Å². The van der Waals surface area contributed by atoms with Gasteiger partial charge in [-0.25, -0.2) is 9.97 Å². The lowest BCUT2D eigenvalue weighted by Crippen LogP contribution is -2.31. The van der Waals surface area contributed by atoms with Crippen LogP contribution in [0, 0.1) is 13.8 Å². The number of nitrogens with zero attached hydrogens (tertiary/aromatic N) is 5. The van der Waals surface area contributed by atoms with Crippen LogP contribution in [0.2, 0.25) is 0 Å². The van der Waals surface area contributed by atoms with Crippen molar-refractivity contribution in [1.29, 1.82) is 0 Å². The molecule has 0 saturated carbocycles. The Balaban J connectivity index is 1.30. The molecular formula is C21H23N5O3. The fourth-order valence-corrected chi connectivity index (χ4v) is 3.94. The van der Waals surface area contributed by atoms with Crippen molar-refractivity contribution in [3.05, 3.63) is 53.6 Å². The summed E-state index contributed by atoms with van der Waals surface area (Å²) in [6.45, 7) is 5.95. The Kier molecular flexibility index (Phi) is 4.52. The summed E-state index contributed by atoms with van der Waals surface area (Å²) in [5.41, 5.74) is 3.92. The second-order valence-electron chi connectivity index (χ2n) is 7.69. The van der Waals surface area contributed by atoms with Gasteiger partial charge in [-0.15, -0.1) is 0 Å². The summed E-state index contributed by atoms with van der Waals surface area (Å²) in [7, 11) is 0. The van der Waals surface area contributed by atoms with E-state index in [0.717, 1.165) is 22.4 Å². The quantitative estimate of drug-likeness (QED) is 0.662. The lowest BCUT2D eigenvalue weighted by molar-refractivity contribution is -0.00461. The molecule has 1 aromatic carbocycles. The minimum atomic E-state index is -0.121. The van der Waals surface area contributed by atoms with Gasteiger partial charge in [0.1, 0.15) is 12.2 Å². The van der Waals surface area contributed by atoms with Crippen molar-refractivity contribution < 1.29 is 14.3 Å². The van der Waals surface area contributed by atoms with Gasteiger partial charge in [0.15, 0.2) is 0 Å². The summed E-state index contributed by atoms with van der Waals surface area (Å²) in [5.74, 6) is -0.0316. The second kappa shape index (κ2) is 7.20. The minimum Gasteiger partial charge on any atom is -0.371 e. The standard InChI is InChI=1S/C21H23N5O3/c1-13-14(2)24-18-8-15(4-5-17(18)23-13)21(27)25-9-19-20(10-25)29-12-16(11-28-19)26-7-3-6-22-26/h3-8,16,19-20H,9-12H2,1-2H3/t19-,20-/m0/s1. The van der Waals surface area contributed by atoms with E-state index in [1.54, 1.807) is 11.1 Å².